The van der Waals surface area contributed by atoms with Crippen LogP contribution >= 0.6 is 0 Å². The van der Waals surface area contributed by atoms with E-state index in [4.69, 9.17) is 0 Å². The molecule has 0 aliphatic carbocycles. The second-order valence-electron chi connectivity index (χ2n) is 4.74. The summed E-state index contributed by atoms with van der Waals surface area (Å²) < 4.78 is 22.0. The van der Waals surface area contributed by atoms with Crippen molar-refractivity contribution in [1.82, 2.24) is 10.2 Å². The average molecular weight is 264 g/mol. The smallest absolute Gasteiger partial charge is 0.148 e. The summed E-state index contributed by atoms with van der Waals surface area (Å²) in [5.41, 5.74) is 0. The van der Waals surface area contributed by atoms with Crippen LogP contribution in [0.25, 0.3) is 0 Å². The maximum absolute atomic E-state index is 11.0. The molecular formula is C12H28N2O2S. The summed E-state index contributed by atoms with van der Waals surface area (Å²) in [6, 6.07) is 0. The zero-order valence-electron chi connectivity index (χ0n) is 11.5. The van der Waals surface area contributed by atoms with Crippen LogP contribution in [0.15, 0.2) is 0 Å². The van der Waals surface area contributed by atoms with Gasteiger partial charge in [0.25, 0.3) is 0 Å². The van der Waals surface area contributed by atoms with E-state index < -0.39 is 9.84 Å². The molecular weight excluding hydrogens is 236 g/mol. The van der Waals surface area contributed by atoms with Crippen LogP contribution in [0.4, 0.5) is 0 Å². The van der Waals surface area contributed by atoms with Crippen LogP contribution in [0.1, 0.15) is 32.6 Å². The maximum atomic E-state index is 11.0. The molecule has 0 bridgehead atoms. The molecule has 0 atom stereocenters. The summed E-state index contributed by atoms with van der Waals surface area (Å²) in [6.07, 6.45) is 6.04. The van der Waals surface area contributed by atoms with Crippen LogP contribution in [0.2, 0.25) is 0 Å². The second-order valence-corrected chi connectivity index (χ2v) is 7.00. The van der Waals surface area contributed by atoms with Gasteiger partial charge in [0.15, 0.2) is 0 Å². The molecule has 0 heterocycles. The number of rotatable bonds is 11. The van der Waals surface area contributed by atoms with E-state index in [0.717, 1.165) is 26.1 Å². The van der Waals surface area contributed by atoms with Gasteiger partial charge in [0.05, 0.1) is 5.75 Å². The van der Waals surface area contributed by atoms with Crippen molar-refractivity contribution in [1.29, 1.82) is 0 Å². The van der Waals surface area contributed by atoms with Crippen molar-refractivity contribution < 1.29 is 8.42 Å². The molecule has 0 rings (SSSR count). The van der Waals surface area contributed by atoms with Crippen molar-refractivity contribution in [2.75, 3.05) is 45.2 Å². The minimum absolute atomic E-state index is 0.265. The Morgan fingerprint density at radius 2 is 1.76 bits per heavy atom. The van der Waals surface area contributed by atoms with Crippen molar-refractivity contribution in [3.05, 3.63) is 0 Å². The lowest BCUT2D eigenvalue weighted by molar-refractivity contribution is 0.341. The normalized spacial score (nSPS) is 12.2. The van der Waals surface area contributed by atoms with Gasteiger partial charge in [0.2, 0.25) is 0 Å². The van der Waals surface area contributed by atoms with Gasteiger partial charge in [-0.3, -0.25) is 0 Å². The quantitative estimate of drug-likeness (QED) is 0.568. The van der Waals surface area contributed by atoms with Gasteiger partial charge in [0, 0.05) is 12.8 Å². The van der Waals surface area contributed by atoms with Gasteiger partial charge in [-0.2, -0.15) is 0 Å². The first-order valence-electron chi connectivity index (χ1n) is 6.52. The Morgan fingerprint density at radius 3 is 2.35 bits per heavy atom. The standard InChI is InChI=1S/C12H28N2O2S/c1-4-8-13-9-6-5-7-10-14(2)11-12-17(3,15)16/h13H,4-12H2,1-3H3. The third-order valence-electron chi connectivity index (χ3n) is 2.66. The fourth-order valence-corrected chi connectivity index (χ4v) is 2.19. The number of nitrogens with zero attached hydrogens (tertiary/aromatic N) is 1. The van der Waals surface area contributed by atoms with E-state index in [2.05, 4.69) is 17.1 Å². The first-order valence-corrected chi connectivity index (χ1v) is 8.58. The minimum Gasteiger partial charge on any atom is -0.317 e. The molecule has 0 fully saturated rings. The molecule has 0 saturated carbocycles. The first-order chi connectivity index (χ1) is 7.95. The Morgan fingerprint density at radius 1 is 1.06 bits per heavy atom. The summed E-state index contributed by atoms with van der Waals surface area (Å²) in [7, 11) is -0.830. The molecule has 0 spiro atoms. The molecule has 1 N–H and O–H groups in total. The highest BCUT2D eigenvalue weighted by Gasteiger charge is 2.04. The molecule has 0 saturated heterocycles. The molecule has 0 aliphatic rings. The zero-order chi connectivity index (χ0) is 13.1. The largest absolute Gasteiger partial charge is 0.317 e. The molecule has 0 aliphatic heterocycles. The van der Waals surface area contributed by atoms with E-state index in [1.54, 1.807) is 0 Å². The van der Waals surface area contributed by atoms with Gasteiger partial charge < -0.3 is 10.2 Å². The highest BCUT2D eigenvalue weighted by Crippen LogP contribution is 1.97. The SMILES string of the molecule is CCCNCCCCCN(C)CCS(C)(=O)=O. The van der Waals surface area contributed by atoms with E-state index in [9.17, 15) is 8.42 Å². The third kappa shape index (κ3) is 13.8. The van der Waals surface area contributed by atoms with Gasteiger partial charge in [-0.1, -0.05) is 13.3 Å². The summed E-state index contributed by atoms with van der Waals surface area (Å²) in [5, 5.41) is 3.38. The molecule has 0 aromatic heterocycles. The summed E-state index contributed by atoms with van der Waals surface area (Å²) in [6.45, 7) is 6.01. The Balaban J connectivity index is 3.30. The maximum Gasteiger partial charge on any atom is 0.148 e. The monoisotopic (exact) mass is 264 g/mol. The molecule has 4 nitrogen and oxygen atoms in total. The molecule has 0 aromatic rings. The average Bonchev–Trinajstić information content (AvgIpc) is 2.24. The van der Waals surface area contributed by atoms with E-state index >= 15 is 0 Å². The van der Waals surface area contributed by atoms with Gasteiger partial charge in [0.1, 0.15) is 9.84 Å². The third-order valence-corrected chi connectivity index (χ3v) is 3.59. The van der Waals surface area contributed by atoms with Crippen LogP contribution < -0.4 is 5.32 Å². The molecule has 0 aromatic carbocycles. The van der Waals surface area contributed by atoms with Crippen molar-refractivity contribution in [2.45, 2.75) is 32.6 Å². The van der Waals surface area contributed by atoms with Crippen LogP contribution in [0.5, 0.6) is 0 Å². The number of nitrogens with one attached hydrogen (secondary N) is 1. The Bertz CT molecular complexity index is 266. The number of hydrogen-bond donors (Lipinski definition) is 1. The van der Waals surface area contributed by atoms with Gasteiger partial charge in [-0.25, -0.2) is 8.42 Å². The van der Waals surface area contributed by atoms with Gasteiger partial charge >= 0.3 is 0 Å². The molecule has 0 amide bonds. The van der Waals surface area contributed by atoms with Crippen molar-refractivity contribution in [3.63, 3.8) is 0 Å². The molecule has 104 valence electrons. The lowest BCUT2D eigenvalue weighted by Gasteiger charge is -2.15. The summed E-state index contributed by atoms with van der Waals surface area (Å²) >= 11 is 0. The number of unbranched alkanes of at least 4 members (excludes halogenated alkanes) is 2. The Labute approximate surface area is 107 Å². The predicted molar refractivity (Wildman–Crippen MR) is 74.2 cm³/mol. The van der Waals surface area contributed by atoms with E-state index in [1.165, 1.54) is 25.5 Å². The van der Waals surface area contributed by atoms with Gasteiger partial charge in [-0.15, -0.1) is 0 Å². The fraction of sp³-hybridized carbons (Fsp3) is 1.00. The first kappa shape index (κ1) is 16.9. The van der Waals surface area contributed by atoms with Crippen LogP contribution in [-0.2, 0) is 9.84 Å². The molecule has 17 heavy (non-hydrogen) atoms. The molecule has 5 heteroatoms. The predicted octanol–water partition coefficient (Wildman–Crippen LogP) is 1.13. The second kappa shape index (κ2) is 9.85. The zero-order valence-corrected chi connectivity index (χ0v) is 12.4. The topological polar surface area (TPSA) is 49.4 Å². The molecule has 0 unspecified atom stereocenters. The Kier molecular flexibility index (Phi) is 9.78. The van der Waals surface area contributed by atoms with Crippen molar-refractivity contribution in [3.8, 4) is 0 Å². The molecule has 0 radical (unpaired) electrons. The highest BCUT2D eigenvalue weighted by atomic mass is 32.2. The lowest BCUT2D eigenvalue weighted by atomic mass is 10.2. The number of sulfone groups is 1. The van der Waals surface area contributed by atoms with Crippen molar-refractivity contribution >= 4 is 9.84 Å². The lowest BCUT2D eigenvalue weighted by Crippen LogP contribution is -2.26. The van der Waals surface area contributed by atoms with E-state index in [0.29, 0.717) is 6.54 Å². The van der Waals surface area contributed by atoms with E-state index in [-0.39, 0.29) is 5.75 Å². The minimum atomic E-state index is -2.82. The van der Waals surface area contributed by atoms with Gasteiger partial charge in [-0.05, 0) is 45.9 Å². The van der Waals surface area contributed by atoms with Crippen LogP contribution in [0, 0.1) is 0 Å². The van der Waals surface area contributed by atoms with Crippen molar-refractivity contribution in [2.24, 2.45) is 0 Å². The highest BCUT2D eigenvalue weighted by molar-refractivity contribution is 7.90. The summed E-state index contributed by atoms with van der Waals surface area (Å²) in [4.78, 5) is 2.10. The van der Waals surface area contributed by atoms with E-state index in [1.807, 2.05) is 7.05 Å². The van der Waals surface area contributed by atoms with Crippen LogP contribution in [0.3, 0.4) is 0 Å². The van der Waals surface area contributed by atoms with Crippen LogP contribution in [-0.4, -0.2) is 58.6 Å². The summed E-state index contributed by atoms with van der Waals surface area (Å²) in [5.74, 6) is 0.265. The number of hydrogen-bond acceptors (Lipinski definition) is 4. The fourth-order valence-electron chi connectivity index (χ4n) is 1.54. The Hall–Kier alpha value is -0.130.